The summed E-state index contributed by atoms with van der Waals surface area (Å²) in [7, 11) is 1.57. The Hall–Kier alpha value is -1.46. The van der Waals surface area contributed by atoms with E-state index in [0.717, 1.165) is 11.1 Å². The lowest BCUT2D eigenvalue weighted by Gasteiger charge is -2.15. The van der Waals surface area contributed by atoms with Crippen molar-refractivity contribution in [1.29, 1.82) is 0 Å². The molecule has 0 amide bonds. The third kappa shape index (κ3) is 4.75. The van der Waals surface area contributed by atoms with Crippen molar-refractivity contribution in [2.45, 2.75) is 19.1 Å². The Morgan fingerprint density at radius 2 is 1.87 bits per heavy atom. The molecule has 2 rings (SSSR count). The molecule has 0 aromatic heterocycles. The van der Waals surface area contributed by atoms with Crippen molar-refractivity contribution in [3.63, 3.8) is 0 Å². The molecule has 0 aliphatic rings. The Labute approximate surface area is 145 Å². The fraction of sp³-hybridized carbons (Fsp3) is 0.294. The molecule has 0 spiro atoms. The molecule has 0 saturated carbocycles. The van der Waals surface area contributed by atoms with E-state index in [1.807, 2.05) is 24.3 Å². The number of hydrogen-bond acceptors (Lipinski definition) is 4. The van der Waals surface area contributed by atoms with Gasteiger partial charge in [-0.2, -0.15) is 0 Å². The molecule has 0 bridgehead atoms. The number of halogens is 2. The predicted molar refractivity (Wildman–Crippen MR) is 92.4 cm³/mol. The minimum atomic E-state index is -0.238. The Morgan fingerprint density at radius 1 is 1.09 bits per heavy atom. The summed E-state index contributed by atoms with van der Waals surface area (Å²) in [4.78, 5) is 0. The highest BCUT2D eigenvalue weighted by Crippen LogP contribution is 2.31. The summed E-state index contributed by atoms with van der Waals surface area (Å²) in [5.41, 5.74) is 7.78. The van der Waals surface area contributed by atoms with E-state index in [2.05, 4.69) is 0 Å². The van der Waals surface area contributed by atoms with E-state index in [4.69, 9.17) is 43.5 Å². The normalized spacial score (nSPS) is 12.0. The number of aliphatic hydroxyl groups excluding tert-OH is 1. The molecule has 0 fully saturated rings. The highest BCUT2D eigenvalue weighted by Gasteiger charge is 2.11. The van der Waals surface area contributed by atoms with E-state index >= 15 is 0 Å². The van der Waals surface area contributed by atoms with E-state index < -0.39 is 0 Å². The topological polar surface area (TPSA) is 64.7 Å². The van der Waals surface area contributed by atoms with E-state index in [1.54, 1.807) is 19.2 Å². The minimum absolute atomic E-state index is 0.0407. The van der Waals surface area contributed by atoms with Crippen LogP contribution in [0.2, 0.25) is 10.0 Å². The molecule has 4 nitrogen and oxygen atoms in total. The molecule has 3 N–H and O–H groups in total. The van der Waals surface area contributed by atoms with Crippen molar-refractivity contribution in [2.75, 3.05) is 13.7 Å². The number of benzene rings is 2. The molecule has 6 heteroatoms. The van der Waals surface area contributed by atoms with E-state index in [0.29, 0.717) is 34.6 Å². The molecule has 124 valence electrons. The number of rotatable bonds is 7. The number of hydrogen-bond donors (Lipinski definition) is 2. The van der Waals surface area contributed by atoms with Crippen molar-refractivity contribution in [2.24, 2.45) is 5.73 Å². The fourth-order valence-corrected chi connectivity index (χ4v) is 2.45. The molecular weight excluding hydrogens is 337 g/mol. The van der Waals surface area contributed by atoms with Crippen LogP contribution in [0.3, 0.4) is 0 Å². The Kier molecular flexibility index (Phi) is 6.54. The Balaban J connectivity index is 2.11. The first-order chi connectivity index (χ1) is 11.0. The van der Waals surface area contributed by atoms with Gasteiger partial charge in [-0.05, 0) is 41.8 Å². The molecule has 1 atom stereocenters. The minimum Gasteiger partial charge on any atom is -0.493 e. The third-order valence-electron chi connectivity index (χ3n) is 3.43. The second-order valence-electron chi connectivity index (χ2n) is 5.07. The van der Waals surface area contributed by atoms with E-state index in [-0.39, 0.29) is 12.6 Å². The van der Waals surface area contributed by atoms with Crippen LogP contribution >= 0.6 is 23.2 Å². The van der Waals surface area contributed by atoms with Crippen molar-refractivity contribution < 1.29 is 14.6 Å². The van der Waals surface area contributed by atoms with Crippen LogP contribution in [0.15, 0.2) is 36.4 Å². The molecule has 0 radical (unpaired) electrons. The van der Waals surface area contributed by atoms with Gasteiger partial charge in [0.25, 0.3) is 0 Å². The van der Waals surface area contributed by atoms with Gasteiger partial charge in [-0.3, -0.25) is 0 Å². The van der Waals surface area contributed by atoms with Gasteiger partial charge in [0.05, 0.1) is 17.2 Å². The molecule has 2 aromatic rings. The first kappa shape index (κ1) is 17.9. The van der Waals surface area contributed by atoms with Gasteiger partial charge < -0.3 is 20.3 Å². The number of ether oxygens (including phenoxy) is 2. The summed E-state index contributed by atoms with van der Waals surface area (Å²) in [6.07, 6.45) is 0.493. The summed E-state index contributed by atoms with van der Waals surface area (Å²) >= 11 is 11.9. The maximum atomic E-state index is 8.98. The Morgan fingerprint density at radius 3 is 2.52 bits per heavy atom. The second-order valence-corrected chi connectivity index (χ2v) is 5.88. The number of nitrogens with two attached hydrogens (primary N) is 1. The lowest BCUT2D eigenvalue weighted by molar-refractivity contribution is 0.275. The van der Waals surface area contributed by atoms with Crippen LogP contribution in [0.4, 0.5) is 0 Å². The molecule has 0 saturated heterocycles. The van der Waals surface area contributed by atoms with Gasteiger partial charge in [-0.25, -0.2) is 0 Å². The summed E-state index contributed by atoms with van der Waals surface area (Å²) < 4.78 is 11.1. The van der Waals surface area contributed by atoms with Gasteiger partial charge in [-0.15, -0.1) is 0 Å². The lowest BCUT2D eigenvalue weighted by Crippen LogP contribution is -2.12. The molecule has 0 aliphatic carbocycles. The van der Waals surface area contributed by atoms with Crippen molar-refractivity contribution in [3.8, 4) is 11.5 Å². The van der Waals surface area contributed by atoms with Crippen molar-refractivity contribution in [1.82, 2.24) is 0 Å². The van der Waals surface area contributed by atoms with E-state index in [1.165, 1.54) is 0 Å². The lowest BCUT2D eigenvalue weighted by atomic mass is 10.0. The van der Waals surface area contributed by atoms with Crippen LogP contribution in [-0.2, 0) is 6.61 Å². The number of methoxy groups -OCH3 is 1. The molecule has 0 heterocycles. The summed E-state index contributed by atoms with van der Waals surface area (Å²) in [6.45, 7) is 0.383. The third-order valence-corrected chi connectivity index (χ3v) is 4.17. The van der Waals surface area contributed by atoms with Gasteiger partial charge in [0.1, 0.15) is 6.61 Å². The van der Waals surface area contributed by atoms with Crippen molar-refractivity contribution in [3.05, 3.63) is 57.6 Å². The fourth-order valence-electron chi connectivity index (χ4n) is 2.13. The zero-order valence-electron chi connectivity index (χ0n) is 12.8. The zero-order chi connectivity index (χ0) is 16.8. The first-order valence-electron chi connectivity index (χ1n) is 7.16. The standard InChI is InChI=1S/C17H19Cl2NO3/c1-22-17-9-12(15(20)6-7-21)3-5-16(17)23-10-11-2-4-13(18)14(19)8-11/h2-5,8-9,15,21H,6-7,10,20H2,1H3. The molecule has 2 aromatic carbocycles. The van der Waals surface area contributed by atoms with Gasteiger partial charge in [0.15, 0.2) is 11.5 Å². The summed E-state index contributed by atoms with van der Waals surface area (Å²) in [5.74, 6) is 1.20. The molecule has 23 heavy (non-hydrogen) atoms. The van der Waals surface area contributed by atoms with Crippen LogP contribution in [0.25, 0.3) is 0 Å². The van der Waals surface area contributed by atoms with Gasteiger partial charge in [0.2, 0.25) is 0 Å². The quantitative estimate of drug-likeness (QED) is 0.788. The molecular formula is C17H19Cl2NO3. The smallest absolute Gasteiger partial charge is 0.161 e. The highest BCUT2D eigenvalue weighted by molar-refractivity contribution is 6.42. The van der Waals surface area contributed by atoms with Crippen LogP contribution in [0.1, 0.15) is 23.6 Å². The van der Waals surface area contributed by atoms with Crippen molar-refractivity contribution >= 4 is 23.2 Å². The monoisotopic (exact) mass is 355 g/mol. The van der Waals surface area contributed by atoms with Gasteiger partial charge in [0, 0.05) is 12.6 Å². The Bertz CT molecular complexity index is 664. The number of aliphatic hydroxyl groups is 1. The maximum absolute atomic E-state index is 8.98. The second kappa shape index (κ2) is 8.41. The average molecular weight is 356 g/mol. The maximum Gasteiger partial charge on any atom is 0.161 e. The summed E-state index contributed by atoms with van der Waals surface area (Å²) in [5, 5.41) is 9.98. The van der Waals surface area contributed by atoms with E-state index in [9.17, 15) is 0 Å². The zero-order valence-corrected chi connectivity index (χ0v) is 14.3. The first-order valence-corrected chi connectivity index (χ1v) is 7.92. The van der Waals surface area contributed by atoms with Crippen LogP contribution in [-0.4, -0.2) is 18.8 Å². The van der Waals surface area contributed by atoms with Gasteiger partial charge >= 0.3 is 0 Å². The molecule has 0 aliphatic heterocycles. The largest absolute Gasteiger partial charge is 0.493 e. The average Bonchev–Trinajstić information content (AvgIpc) is 2.56. The van der Waals surface area contributed by atoms with Gasteiger partial charge in [-0.1, -0.05) is 35.3 Å². The SMILES string of the molecule is COc1cc(C(N)CCO)ccc1OCc1ccc(Cl)c(Cl)c1. The highest BCUT2D eigenvalue weighted by atomic mass is 35.5. The van der Waals surface area contributed by atoms with Crippen LogP contribution in [0, 0.1) is 0 Å². The van der Waals surface area contributed by atoms with Crippen LogP contribution < -0.4 is 15.2 Å². The molecule has 1 unspecified atom stereocenters. The summed E-state index contributed by atoms with van der Waals surface area (Å²) in [6, 6.07) is 10.6. The van der Waals surface area contributed by atoms with Crippen LogP contribution in [0.5, 0.6) is 11.5 Å². The predicted octanol–water partition coefficient (Wildman–Crippen LogP) is 3.96.